The smallest absolute Gasteiger partial charge is 0.262 e. The molecule has 2 heterocycles. The first-order valence-electron chi connectivity index (χ1n) is 9.61. The van der Waals surface area contributed by atoms with Gasteiger partial charge < -0.3 is 5.32 Å². The van der Waals surface area contributed by atoms with Crippen LogP contribution in [-0.2, 0) is 10.0 Å². The first-order chi connectivity index (χ1) is 14.8. The standard InChI is InChI=1S/C21H20FN5O3S/c1-14-19(13-24-27(14)17-9-7-15(22)8-10-17)21(28)25-16-4-2-5-18(12-16)31(29,30)26-20-6-3-11-23-20/h2,4-5,7-10,12-13H,3,6,11H2,1H3,(H,23,26)(H,25,28). The highest BCUT2D eigenvalue weighted by Crippen LogP contribution is 2.19. The first-order valence-corrected chi connectivity index (χ1v) is 11.1. The molecule has 8 nitrogen and oxygen atoms in total. The molecule has 0 aliphatic carbocycles. The van der Waals surface area contributed by atoms with E-state index in [9.17, 15) is 17.6 Å². The molecule has 0 unspecified atom stereocenters. The zero-order valence-electron chi connectivity index (χ0n) is 16.7. The van der Waals surface area contributed by atoms with Crippen molar-refractivity contribution >= 4 is 27.5 Å². The fourth-order valence-corrected chi connectivity index (χ4v) is 4.39. The Balaban J connectivity index is 1.53. The molecule has 1 amide bonds. The maximum absolute atomic E-state index is 13.2. The number of rotatable bonds is 5. The molecular formula is C21H20FN5O3S. The topological polar surface area (TPSA) is 105 Å². The molecule has 160 valence electrons. The van der Waals surface area contributed by atoms with Crippen LogP contribution < -0.4 is 10.0 Å². The number of nitrogens with one attached hydrogen (secondary N) is 2. The van der Waals surface area contributed by atoms with Gasteiger partial charge in [-0.25, -0.2) is 17.5 Å². The Bertz CT molecular complexity index is 1270. The van der Waals surface area contributed by atoms with Gasteiger partial charge in [-0.3, -0.25) is 14.5 Å². The van der Waals surface area contributed by atoms with Crippen molar-refractivity contribution in [2.75, 3.05) is 11.9 Å². The molecule has 0 bridgehead atoms. The van der Waals surface area contributed by atoms with E-state index in [4.69, 9.17) is 0 Å². The van der Waals surface area contributed by atoms with E-state index in [1.165, 1.54) is 35.1 Å². The molecule has 4 rings (SSSR count). The number of halogens is 1. The maximum atomic E-state index is 13.2. The van der Waals surface area contributed by atoms with Crippen LogP contribution in [0.15, 0.2) is 64.6 Å². The van der Waals surface area contributed by atoms with Gasteiger partial charge in [0.2, 0.25) is 0 Å². The van der Waals surface area contributed by atoms with Gasteiger partial charge >= 0.3 is 0 Å². The third-order valence-electron chi connectivity index (χ3n) is 4.85. The number of aliphatic imine (C=N–C) groups is 1. The number of nitrogens with zero attached hydrogens (tertiary/aromatic N) is 3. The fourth-order valence-electron chi connectivity index (χ4n) is 3.25. The number of aromatic nitrogens is 2. The van der Waals surface area contributed by atoms with Gasteiger partial charge in [0.1, 0.15) is 11.7 Å². The third-order valence-corrected chi connectivity index (χ3v) is 6.23. The summed E-state index contributed by atoms with van der Waals surface area (Å²) >= 11 is 0. The largest absolute Gasteiger partial charge is 0.322 e. The van der Waals surface area contributed by atoms with E-state index in [0.717, 1.165) is 6.42 Å². The Morgan fingerprint density at radius 3 is 2.65 bits per heavy atom. The molecule has 10 heteroatoms. The zero-order chi connectivity index (χ0) is 22.0. The van der Waals surface area contributed by atoms with E-state index in [2.05, 4.69) is 20.1 Å². The van der Waals surface area contributed by atoms with Crippen LogP contribution in [0, 0.1) is 12.7 Å². The van der Waals surface area contributed by atoms with Crippen molar-refractivity contribution in [3.8, 4) is 5.69 Å². The summed E-state index contributed by atoms with van der Waals surface area (Å²) in [6.07, 6.45) is 2.82. The minimum Gasteiger partial charge on any atom is -0.322 e. The van der Waals surface area contributed by atoms with Crippen LogP contribution in [0.25, 0.3) is 5.69 Å². The minimum absolute atomic E-state index is 0.0265. The van der Waals surface area contributed by atoms with E-state index in [1.807, 2.05) is 0 Å². The number of sulfonamides is 1. The fraction of sp³-hybridized carbons (Fsp3) is 0.190. The lowest BCUT2D eigenvalue weighted by Gasteiger charge is -2.10. The van der Waals surface area contributed by atoms with Crippen molar-refractivity contribution in [1.82, 2.24) is 14.5 Å². The number of benzene rings is 2. The van der Waals surface area contributed by atoms with Crippen LogP contribution >= 0.6 is 0 Å². The van der Waals surface area contributed by atoms with Gasteiger partial charge in [0.05, 0.1) is 28.0 Å². The average molecular weight is 441 g/mol. The van der Waals surface area contributed by atoms with Gasteiger partial charge in [0, 0.05) is 18.7 Å². The van der Waals surface area contributed by atoms with E-state index in [-0.39, 0.29) is 10.7 Å². The van der Waals surface area contributed by atoms with Crippen LogP contribution in [0.1, 0.15) is 28.9 Å². The van der Waals surface area contributed by atoms with E-state index in [1.54, 1.807) is 31.2 Å². The van der Waals surface area contributed by atoms with Gasteiger partial charge in [-0.05, 0) is 55.8 Å². The van der Waals surface area contributed by atoms with Crippen LogP contribution in [0.3, 0.4) is 0 Å². The van der Waals surface area contributed by atoms with E-state index < -0.39 is 15.9 Å². The molecule has 1 aliphatic heterocycles. The number of carbonyl (C=O) groups excluding carboxylic acids is 1. The predicted molar refractivity (Wildman–Crippen MR) is 115 cm³/mol. The zero-order valence-corrected chi connectivity index (χ0v) is 17.5. The summed E-state index contributed by atoms with van der Waals surface area (Å²) in [6.45, 7) is 2.33. The Morgan fingerprint density at radius 2 is 1.94 bits per heavy atom. The number of amides is 1. The second kappa shape index (κ2) is 8.31. The Hall–Kier alpha value is -3.53. The molecule has 0 atom stereocenters. The van der Waals surface area contributed by atoms with Crippen LogP contribution in [0.5, 0.6) is 0 Å². The lowest BCUT2D eigenvalue weighted by molar-refractivity contribution is 0.102. The quantitative estimate of drug-likeness (QED) is 0.635. The highest BCUT2D eigenvalue weighted by atomic mass is 32.2. The summed E-state index contributed by atoms with van der Waals surface area (Å²) in [5.74, 6) is -0.359. The third kappa shape index (κ3) is 4.48. The van der Waals surface area contributed by atoms with Crippen molar-refractivity contribution < 1.29 is 17.6 Å². The number of hydrogen-bond donors (Lipinski definition) is 2. The predicted octanol–water partition coefficient (Wildman–Crippen LogP) is 3.04. The van der Waals surface area contributed by atoms with Gasteiger partial charge in [0.25, 0.3) is 15.9 Å². The first kappa shape index (κ1) is 20.7. The molecule has 31 heavy (non-hydrogen) atoms. The second-order valence-electron chi connectivity index (χ2n) is 7.05. The summed E-state index contributed by atoms with van der Waals surface area (Å²) < 4.78 is 42.4. The Labute approximate surface area is 178 Å². The van der Waals surface area contributed by atoms with E-state index >= 15 is 0 Å². The number of amidine groups is 1. The van der Waals surface area contributed by atoms with Crippen LogP contribution in [0.2, 0.25) is 0 Å². The number of anilines is 1. The lowest BCUT2D eigenvalue weighted by Crippen LogP contribution is -2.29. The van der Waals surface area contributed by atoms with Crippen molar-refractivity contribution in [2.24, 2.45) is 4.99 Å². The van der Waals surface area contributed by atoms with E-state index in [0.29, 0.717) is 41.4 Å². The molecular weight excluding hydrogens is 421 g/mol. The minimum atomic E-state index is -3.79. The van der Waals surface area contributed by atoms with Gasteiger partial charge in [-0.2, -0.15) is 5.10 Å². The normalized spacial score (nSPS) is 13.7. The SMILES string of the molecule is Cc1c(C(=O)Nc2cccc(S(=O)(=O)NC3=NCCC3)c2)cnn1-c1ccc(F)cc1. The van der Waals surface area contributed by atoms with Crippen molar-refractivity contribution in [2.45, 2.75) is 24.7 Å². The molecule has 2 aromatic carbocycles. The lowest BCUT2D eigenvalue weighted by atomic mass is 10.2. The number of hydrogen-bond acceptors (Lipinski definition) is 5. The highest BCUT2D eigenvalue weighted by molar-refractivity contribution is 7.90. The summed E-state index contributed by atoms with van der Waals surface area (Å²) in [6, 6.07) is 11.7. The molecule has 0 saturated carbocycles. The van der Waals surface area contributed by atoms with Crippen LogP contribution in [-0.4, -0.2) is 36.5 Å². The summed E-state index contributed by atoms with van der Waals surface area (Å²) in [7, 11) is -3.79. The van der Waals surface area contributed by atoms with Gasteiger partial charge in [-0.15, -0.1) is 0 Å². The van der Waals surface area contributed by atoms with Crippen molar-refractivity contribution in [3.63, 3.8) is 0 Å². The molecule has 2 N–H and O–H groups in total. The Morgan fingerprint density at radius 1 is 1.16 bits per heavy atom. The second-order valence-corrected chi connectivity index (χ2v) is 8.73. The summed E-state index contributed by atoms with van der Waals surface area (Å²) in [5, 5.41) is 6.91. The molecule has 0 radical (unpaired) electrons. The molecule has 1 aliphatic rings. The Kier molecular flexibility index (Phi) is 5.55. The van der Waals surface area contributed by atoms with Crippen molar-refractivity contribution in [3.05, 3.63) is 71.8 Å². The van der Waals surface area contributed by atoms with Gasteiger partial charge in [0.15, 0.2) is 0 Å². The summed E-state index contributed by atoms with van der Waals surface area (Å²) in [4.78, 5) is 16.9. The highest BCUT2D eigenvalue weighted by Gasteiger charge is 2.20. The molecule has 0 spiro atoms. The summed E-state index contributed by atoms with van der Waals surface area (Å²) in [5.41, 5.74) is 1.83. The molecule has 0 fully saturated rings. The maximum Gasteiger partial charge on any atom is 0.262 e. The molecule has 0 saturated heterocycles. The van der Waals surface area contributed by atoms with Gasteiger partial charge in [-0.1, -0.05) is 6.07 Å². The molecule has 3 aromatic rings. The number of carbonyl (C=O) groups is 1. The van der Waals surface area contributed by atoms with Crippen LogP contribution in [0.4, 0.5) is 10.1 Å². The average Bonchev–Trinajstić information content (AvgIpc) is 3.38. The monoisotopic (exact) mass is 441 g/mol. The molecule has 1 aromatic heterocycles. The van der Waals surface area contributed by atoms with Crippen molar-refractivity contribution in [1.29, 1.82) is 0 Å².